The number of carbonyl (C=O) groups excluding carboxylic acids is 1. The van der Waals surface area contributed by atoms with Gasteiger partial charge in [0.25, 0.3) is 5.91 Å². The molecule has 4 nitrogen and oxygen atoms in total. The van der Waals surface area contributed by atoms with Gasteiger partial charge in [0.1, 0.15) is 0 Å². The largest absolute Gasteiger partial charge is 0.338 e. The lowest BCUT2D eigenvalue weighted by Crippen LogP contribution is -2.52. The first kappa shape index (κ1) is 9.15. The molecule has 2 heterocycles. The van der Waals surface area contributed by atoms with Crippen LogP contribution in [-0.2, 0) is 0 Å². The van der Waals surface area contributed by atoms with E-state index in [1.165, 1.54) is 0 Å². The third kappa shape index (κ3) is 1.61. The first-order valence-corrected chi connectivity index (χ1v) is 4.70. The van der Waals surface area contributed by atoms with Crippen molar-refractivity contribution in [3.63, 3.8) is 0 Å². The van der Waals surface area contributed by atoms with Crippen LogP contribution in [0.1, 0.15) is 10.4 Å². The summed E-state index contributed by atoms with van der Waals surface area (Å²) in [5, 5.41) is 0. The van der Waals surface area contributed by atoms with Gasteiger partial charge in [-0.3, -0.25) is 9.78 Å². The summed E-state index contributed by atoms with van der Waals surface area (Å²) in [6, 6.07) is 3.47. The van der Waals surface area contributed by atoms with E-state index in [1.807, 2.05) is 4.90 Å². The highest BCUT2D eigenvalue weighted by Crippen LogP contribution is 2.16. The normalized spacial score (nSPS) is 16.5. The van der Waals surface area contributed by atoms with Crippen molar-refractivity contribution >= 4 is 5.91 Å². The average Bonchev–Trinajstić information content (AvgIpc) is 2.17. The monoisotopic (exact) mass is 191 g/mol. The molecule has 1 amide bonds. The molecule has 1 aliphatic rings. The average molecular weight is 191 g/mol. The van der Waals surface area contributed by atoms with Crippen molar-refractivity contribution in [2.75, 3.05) is 19.6 Å². The molecule has 1 aliphatic heterocycles. The fourth-order valence-electron chi connectivity index (χ4n) is 1.56. The highest BCUT2D eigenvalue weighted by atomic mass is 16.2. The molecule has 4 heteroatoms. The van der Waals surface area contributed by atoms with Crippen LogP contribution >= 0.6 is 0 Å². The minimum atomic E-state index is 0.0806. The Labute approximate surface area is 82.7 Å². The number of hydrogen-bond donors (Lipinski definition) is 1. The quantitative estimate of drug-likeness (QED) is 0.722. The van der Waals surface area contributed by atoms with Crippen LogP contribution in [0.5, 0.6) is 0 Å². The molecule has 0 aliphatic carbocycles. The highest BCUT2D eigenvalue weighted by Gasteiger charge is 2.29. The number of nitrogens with two attached hydrogens (primary N) is 1. The fourth-order valence-corrected chi connectivity index (χ4v) is 1.56. The molecular weight excluding hydrogens is 178 g/mol. The molecule has 74 valence electrons. The maximum atomic E-state index is 11.7. The van der Waals surface area contributed by atoms with Crippen molar-refractivity contribution in [3.8, 4) is 0 Å². The van der Waals surface area contributed by atoms with E-state index in [0.717, 1.165) is 13.1 Å². The number of nitrogens with zero attached hydrogens (tertiary/aromatic N) is 2. The van der Waals surface area contributed by atoms with Crippen LogP contribution in [0.3, 0.4) is 0 Å². The summed E-state index contributed by atoms with van der Waals surface area (Å²) in [6.45, 7) is 2.25. The second-order valence-corrected chi connectivity index (χ2v) is 3.55. The van der Waals surface area contributed by atoms with Crippen molar-refractivity contribution in [3.05, 3.63) is 30.1 Å². The van der Waals surface area contributed by atoms with Crippen LogP contribution in [0.4, 0.5) is 0 Å². The lowest BCUT2D eigenvalue weighted by molar-refractivity contribution is 0.0515. The van der Waals surface area contributed by atoms with Crippen LogP contribution < -0.4 is 5.73 Å². The SMILES string of the molecule is NCC1CN(C(=O)c2ccncc2)C1. The summed E-state index contributed by atoms with van der Waals surface area (Å²) in [6.07, 6.45) is 3.26. The van der Waals surface area contributed by atoms with E-state index in [1.54, 1.807) is 24.5 Å². The molecule has 14 heavy (non-hydrogen) atoms. The van der Waals surface area contributed by atoms with Gasteiger partial charge in [-0.25, -0.2) is 0 Å². The fraction of sp³-hybridized carbons (Fsp3) is 0.400. The van der Waals surface area contributed by atoms with Gasteiger partial charge in [-0.2, -0.15) is 0 Å². The zero-order valence-electron chi connectivity index (χ0n) is 7.89. The summed E-state index contributed by atoms with van der Waals surface area (Å²) < 4.78 is 0. The van der Waals surface area contributed by atoms with Crippen molar-refractivity contribution in [2.45, 2.75) is 0 Å². The second-order valence-electron chi connectivity index (χ2n) is 3.55. The summed E-state index contributed by atoms with van der Waals surface area (Å²) in [5.41, 5.74) is 6.19. The molecule has 2 rings (SSSR count). The van der Waals surface area contributed by atoms with Gasteiger partial charge in [-0.15, -0.1) is 0 Å². The number of likely N-dealkylation sites (tertiary alicyclic amines) is 1. The first-order chi connectivity index (χ1) is 6.81. The van der Waals surface area contributed by atoms with Crippen LogP contribution in [-0.4, -0.2) is 35.4 Å². The van der Waals surface area contributed by atoms with Gasteiger partial charge in [0, 0.05) is 37.0 Å². The van der Waals surface area contributed by atoms with Gasteiger partial charge in [-0.05, 0) is 18.7 Å². The summed E-state index contributed by atoms with van der Waals surface area (Å²) in [5.74, 6) is 0.567. The van der Waals surface area contributed by atoms with Crippen LogP contribution in [0.15, 0.2) is 24.5 Å². The third-order valence-corrected chi connectivity index (χ3v) is 2.50. The van der Waals surface area contributed by atoms with Crippen molar-refractivity contribution in [1.29, 1.82) is 0 Å². The maximum Gasteiger partial charge on any atom is 0.253 e. The molecule has 0 saturated carbocycles. The molecule has 1 fully saturated rings. The van der Waals surface area contributed by atoms with Gasteiger partial charge >= 0.3 is 0 Å². The molecule has 0 radical (unpaired) electrons. The minimum Gasteiger partial charge on any atom is -0.338 e. The van der Waals surface area contributed by atoms with E-state index < -0.39 is 0 Å². The van der Waals surface area contributed by atoms with E-state index in [0.29, 0.717) is 18.0 Å². The summed E-state index contributed by atoms with van der Waals surface area (Å²) >= 11 is 0. The van der Waals surface area contributed by atoms with Gasteiger partial charge in [0.15, 0.2) is 0 Å². The standard InChI is InChI=1S/C10H13N3O/c11-5-8-6-13(7-8)10(14)9-1-3-12-4-2-9/h1-4,8H,5-7,11H2. The Balaban J connectivity index is 1.98. The topological polar surface area (TPSA) is 59.2 Å². The number of pyridine rings is 1. The Bertz CT molecular complexity index is 319. The van der Waals surface area contributed by atoms with Crippen LogP contribution in [0, 0.1) is 5.92 Å². The molecule has 0 bridgehead atoms. The maximum absolute atomic E-state index is 11.7. The van der Waals surface area contributed by atoms with Gasteiger partial charge in [0.05, 0.1) is 0 Å². The Kier molecular flexibility index (Phi) is 2.45. The summed E-state index contributed by atoms with van der Waals surface area (Å²) in [4.78, 5) is 17.4. The molecule has 2 N–H and O–H groups in total. The van der Waals surface area contributed by atoms with Crippen molar-refractivity contribution in [1.82, 2.24) is 9.88 Å². The predicted molar refractivity (Wildman–Crippen MR) is 52.7 cm³/mol. The molecule has 0 unspecified atom stereocenters. The molecule has 1 aromatic heterocycles. The van der Waals surface area contributed by atoms with Crippen molar-refractivity contribution < 1.29 is 4.79 Å². The number of carbonyl (C=O) groups is 1. The minimum absolute atomic E-state index is 0.0806. The Hall–Kier alpha value is -1.42. The molecule has 0 atom stereocenters. The van der Waals surface area contributed by atoms with E-state index in [2.05, 4.69) is 4.98 Å². The molecule has 1 saturated heterocycles. The first-order valence-electron chi connectivity index (χ1n) is 4.70. The number of hydrogen-bond acceptors (Lipinski definition) is 3. The lowest BCUT2D eigenvalue weighted by Gasteiger charge is -2.38. The van der Waals surface area contributed by atoms with Crippen LogP contribution in [0.2, 0.25) is 0 Å². The Morgan fingerprint density at radius 2 is 2.14 bits per heavy atom. The molecule has 0 spiro atoms. The Morgan fingerprint density at radius 3 is 2.71 bits per heavy atom. The van der Waals surface area contributed by atoms with Crippen molar-refractivity contribution in [2.24, 2.45) is 11.7 Å². The zero-order valence-corrected chi connectivity index (χ0v) is 7.89. The molecule has 0 aromatic carbocycles. The predicted octanol–water partition coefficient (Wildman–Crippen LogP) is 0.112. The third-order valence-electron chi connectivity index (χ3n) is 2.50. The molecule has 1 aromatic rings. The summed E-state index contributed by atoms with van der Waals surface area (Å²) in [7, 11) is 0. The van der Waals surface area contributed by atoms with E-state index in [-0.39, 0.29) is 5.91 Å². The second kappa shape index (κ2) is 3.75. The van der Waals surface area contributed by atoms with E-state index >= 15 is 0 Å². The van der Waals surface area contributed by atoms with E-state index in [9.17, 15) is 4.79 Å². The number of amides is 1. The highest BCUT2D eigenvalue weighted by molar-refractivity contribution is 5.94. The Morgan fingerprint density at radius 1 is 1.50 bits per heavy atom. The van der Waals surface area contributed by atoms with Gasteiger partial charge in [-0.1, -0.05) is 0 Å². The van der Waals surface area contributed by atoms with Crippen LogP contribution in [0.25, 0.3) is 0 Å². The molecular formula is C10H13N3O. The van der Waals surface area contributed by atoms with Gasteiger partial charge in [0.2, 0.25) is 0 Å². The smallest absolute Gasteiger partial charge is 0.253 e. The van der Waals surface area contributed by atoms with E-state index in [4.69, 9.17) is 5.73 Å². The lowest BCUT2D eigenvalue weighted by atomic mass is 9.99. The number of rotatable bonds is 2. The van der Waals surface area contributed by atoms with Gasteiger partial charge < -0.3 is 10.6 Å². The number of aromatic nitrogens is 1. The zero-order chi connectivity index (χ0) is 9.97.